The van der Waals surface area contributed by atoms with Crippen LogP contribution in [0.2, 0.25) is 0 Å². The van der Waals surface area contributed by atoms with Crippen molar-refractivity contribution in [1.82, 2.24) is 19.0 Å². The van der Waals surface area contributed by atoms with Gasteiger partial charge in [0, 0.05) is 25.3 Å². The molecule has 2 aliphatic rings. The van der Waals surface area contributed by atoms with Gasteiger partial charge in [0.2, 0.25) is 5.95 Å². The highest BCUT2D eigenvalue weighted by Crippen LogP contribution is 2.41. The van der Waals surface area contributed by atoms with Crippen LogP contribution in [0.25, 0.3) is 5.65 Å². The lowest BCUT2D eigenvalue weighted by molar-refractivity contribution is -0.189. The quantitative estimate of drug-likeness (QED) is 0.627. The number of halogens is 3. The van der Waals surface area contributed by atoms with Crippen molar-refractivity contribution >= 4 is 28.1 Å². The van der Waals surface area contributed by atoms with Crippen LogP contribution in [0.1, 0.15) is 25.5 Å². The Bertz CT molecular complexity index is 1070. The number of rotatable bonds is 5. The first-order chi connectivity index (χ1) is 14.8. The molecule has 0 unspecified atom stereocenters. The van der Waals surface area contributed by atoms with Crippen LogP contribution >= 0.6 is 11.5 Å². The largest absolute Gasteiger partial charge is 0.477 e. The number of ether oxygens (including phenoxy) is 1. The molecule has 1 aliphatic heterocycles. The first-order valence-electron chi connectivity index (χ1n) is 10.3. The minimum atomic E-state index is -4.45. The summed E-state index contributed by atoms with van der Waals surface area (Å²) in [5, 5.41) is 9.09. The second-order valence-corrected chi connectivity index (χ2v) is 9.14. The van der Waals surface area contributed by atoms with E-state index in [0.717, 1.165) is 38.5 Å². The molecular weight excluding hydrogens is 429 g/mol. The fourth-order valence-corrected chi connectivity index (χ4v) is 5.36. The Balaban J connectivity index is 1.33. The topological polar surface area (TPSA) is 67.6 Å². The van der Waals surface area contributed by atoms with Crippen molar-refractivity contribution in [3.05, 3.63) is 30.1 Å². The predicted octanol–water partition coefficient (Wildman–Crippen LogP) is 4.15. The normalized spacial score (nSPS) is 24.5. The molecule has 7 nitrogen and oxygen atoms in total. The van der Waals surface area contributed by atoms with Gasteiger partial charge in [-0.05, 0) is 68.3 Å². The third-order valence-electron chi connectivity index (χ3n) is 6.15. The zero-order chi connectivity index (χ0) is 21.8. The second-order valence-electron chi connectivity index (χ2n) is 8.36. The molecule has 1 saturated carbocycles. The van der Waals surface area contributed by atoms with Crippen LogP contribution in [0, 0.1) is 18.8 Å². The molecule has 1 saturated heterocycles. The summed E-state index contributed by atoms with van der Waals surface area (Å²) in [6.45, 7) is 4.88. The lowest BCUT2D eigenvalue weighted by Gasteiger charge is -2.38. The number of aromatic nitrogens is 4. The van der Waals surface area contributed by atoms with Gasteiger partial charge in [0.25, 0.3) is 0 Å². The summed E-state index contributed by atoms with van der Waals surface area (Å²) in [5.74, 6) is 1.38. The highest BCUT2D eigenvalue weighted by atomic mass is 32.1. The molecule has 2 bridgehead atoms. The van der Waals surface area contributed by atoms with Gasteiger partial charge >= 0.3 is 6.18 Å². The first-order valence-corrected chi connectivity index (χ1v) is 11.1. The Morgan fingerprint density at radius 2 is 2.00 bits per heavy atom. The summed E-state index contributed by atoms with van der Waals surface area (Å²) in [4.78, 5) is 6.86. The van der Waals surface area contributed by atoms with Gasteiger partial charge in [0.1, 0.15) is 5.00 Å². The Kier molecular flexibility index (Phi) is 4.95. The molecule has 5 rings (SSSR count). The lowest BCUT2D eigenvalue weighted by atomic mass is 9.92. The van der Waals surface area contributed by atoms with Crippen LogP contribution < -0.4 is 15.0 Å². The lowest BCUT2D eigenvalue weighted by Crippen LogP contribution is -2.48. The minimum absolute atomic E-state index is 0.0613. The van der Waals surface area contributed by atoms with E-state index < -0.39 is 12.3 Å². The number of aryl methyl sites for hydroxylation is 1. The molecule has 0 spiro atoms. The van der Waals surface area contributed by atoms with E-state index in [1.165, 1.54) is 27.1 Å². The Labute approximate surface area is 181 Å². The number of nitrogens with one attached hydrogen (secondary N) is 1. The van der Waals surface area contributed by atoms with Gasteiger partial charge in [0.15, 0.2) is 17.5 Å². The van der Waals surface area contributed by atoms with E-state index in [9.17, 15) is 13.2 Å². The number of nitrogens with zero attached hydrogens (tertiary/aromatic N) is 5. The van der Waals surface area contributed by atoms with Crippen molar-refractivity contribution in [2.24, 2.45) is 11.8 Å². The molecule has 3 aromatic rings. The zero-order valence-corrected chi connectivity index (χ0v) is 18.0. The molecule has 1 N–H and O–H groups in total. The van der Waals surface area contributed by atoms with E-state index >= 15 is 0 Å². The molecule has 0 aromatic carbocycles. The van der Waals surface area contributed by atoms with Crippen LogP contribution in [0.4, 0.5) is 24.1 Å². The maximum Gasteiger partial charge on any atom is 0.425 e. The van der Waals surface area contributed by atoms with Gasteiger partial charge < -0.3 is 15.0 Å². The summed E-state index contributed by atoms with van der Waals surface area (Å²) in [6, 6.07) is 5.45. The van der Waals surface area contributed by atoms with Crippen molar-refractivity contribution < 1.29 is 17.9 Å². The second kappa shape index (κ2) is 7.54. The van der Waals surface area contributed by atoms with Gasteiger partial charge in [-0.3, -0.25) is 0 Å². The zero-order valence-electron chi connectivity index (χ0n) is 17.1. The molecular formula is C20H23F3N6OS. The van der Waals surface area contributed by atoms with E-state index in [0.29, 0.717) is 17.8 Å². The molecule has 0 radical (unpaired) electrons. The average molecular weight is 453 g/mol. The summed E-state index contributed by atoms with van der Waals surface area (Å²) >= 11 is 1.54. The standard InChI is InChI=1S/C20H23F3N6OS/c1-11-8-16(31-27-11)28-9-13-5-6-14(10-28)17(13)24-19-25-18-15(4-3-7-29(18)26-19)30-12(2)20(21,22)23/h3-4,7-8,12-14,17H,5-6,9-10H2,1-2H3,(H,24,26)/t12-,13-,14+,17-/m0/s1. The third kappa shape index (κ3) is 3.90. The van der Waals surface area contributed by atoms with Crippen LogP contribution in [0.15, 0.2) is 24.4 Å². The SMILES string of the molecule is Cc1cc(N2C[C@H]3CC[C@@H](C2)[C@@H]3Nc2nc3c(O[C@@H](C)C(F)(F)F)cccn3n2)sn1. The van der Waals surface area contributed by atoms with Crippen molar-refractivity contribution in [2.45, 2.75) is 45.0 Å². The van der Waals surface area contributed by atoms with E-state index in [1.807, 2.05) is 6.92 Å². The number of hydrogen-bond donors (Lipinski definition) is 1. The van der Waals surface area contributed by atoms with Gasteiger partial charge in [-0.25, -0.2) is 4.52 Å². The highest BCUT2D eigenvalue weighted by Gasteiger charge is 2.43. The molecule has 3 aromatic heterocycles. The number of pyridine rings is 1. The Hall–Kier alpha value is -2.56. The number of fused-ring (bicyclic) bond motifs is 3. The van der Waals surface area contributed by atoms with Crippen molar-refractivity contribution in [3.8, 4) is 5.75 Å². The molecule has 1 aliphatic carbocycles. The summed E-state index contributed by atoms with van der Waals surface area (Å²) in [7, 11) is 0. The molecule has 4 atom stereocenters. The Morgan fingerprint density at radius 3 is 2.65 bits per heavy atom. The maximum absolute atomic E-state index is 12.9. The molecule has 166 valence electrons. The van der Waals surface area contributed by atoms with E-state index in [2.05, 4.69) is 30.7 Å². The molecule has 0 amide bonds. The smallest absolute Gasteiger partial charge is 0.425 e. The van der Waals surface area contributed by atoms with Crippen LogP contribution in [-0.2, 0) is 0 Å². The van der Waals surface area contributed by atoms with Crippen molar-refractivity contribution in [2.75, 3.05) is 23.3 Å². The van der Waals surface area contributed by atoms with Gasteiger partial charge in [-0.2, -0.15) is 22.5 Å². The highest BCUT2D eigenvalue weighted by molar-refractivity contribution is 7.10. The van der Waals surface area contributed by atoms with E-state index in [-0.39, 0.29) is 17.4 Å². The van der Waals surface area contributed by atoms with Gasteiger partial charge in [0.05, 0.1) is 5.69 Å². The molecule has 11 heteroatoms. The minimum Gasteiger partial charge on any atom is -0.477 e. The van der Waals surface area contributed by atoms with Crippen LogP contribution in [0.3, 0.4) is 0 Å². The third-order valence-corrected chi connectivity index (χ3v) is 7.09. The van der Waals surface area contributed by atoms with Gasteiger partial charge in [-0.1, -0.05) is 0 Å². The van der Waals surface area contributed by atoms with Crippen LogP contribution in [0.5, 0.6) is 5.75 Å². The fraction of sp³-hybridized carbons (Fsp3) is 0.550. The van der Waals surface area contributed by atoms with Gasteiger partial charge in [-0.15, -0.1) is 5.10 Å². The number of piperidine rings is 1. The predicted molar refractivity (Wildman–Crippen MR) is 112 cm³/mol. The first kappa shape index (κ1) is 20.3. The molecule has 4 heterocycles. The summed E-state index contributed by atoms with van der Waals surface area (Å²) in [5.41, 5.74) is 1.31. The number of anilines is 2. The molecule has 31 heavy (non-hydrogen) atoms. The van der Waals surface area contributed by atoms with Crippen molar-refractivity contribution in [1.29, 1.82) is 0 Å². The molecule has 2 fully saturated rings. The van der Waals surface area contributed by atoms with Crippen molar-refractivity contribution in [3.63, 3.8) is 0 Å². The fourth-order valence-electron chi connectivity index (χ4n) is 4.58. The van der Waals surface area contributed by atoms with E-state index in [1.54, 1.807) is 12.3 Å². The van der Waals surface area contributed by atoms with Crippen LogP contribution in [-0.4, -0.2) is 50.4 Å². The number of hydrogen-bond acceptors (Lipinski definition) is 7. The number of alkyl halides is 3. The summed E-state index contributed by atoms with van der Waals surface area (Å²) in [6.07, 6.45) is -2.47. The summed E-state index contributed by atoms with van der Waals surface area (Å²) < 4.78 is 49.7. The average Bonchev–Trinajstić information content (AvgIpc) is 3.38. The van der Waals surface area contributed by atoms with E-state index in [4.69, 9.17) is 4.74 Å². The maximum atomic E-state index is 12.9. The Morgan fingerprint density at radius 1 is 1.26 bits per heavy atom. The monoisotopic (exact) mass is 452 g/mol.